The highest BCUT2D eigenvalue weighted by Gasteiger charge is 2.40. The van der Waals surface area contributed by atoms with Crippen LogP contribution in [0.1, 0.15) is 60.4 Å². The number of aryl methyl sites for hydroxylation is 3. The lowest BCUT2D eigenvalue weighted by Crippen LogP contribution is -2.19. The Morgan fingerprint density at radius 2 is 1.98 bits per heavy atom. The molecule has 1 saturated heterocycles. The van der Waals surface area contributed by atoms with Crippen molar-refractivity contribution in [1.29, 1.82) is 0 Å². The highest BCUT2D eigenvalue weighted by molar-refractivity contribution is 5.91. The molecule has 43 heavy (non-hydrogen) atoms. The molecule has 1 unspecified atom stereocenters. The summed E-state index contributed by atoms with van der Waals surface area (Å²) < 4.78 is 44.8. The average Bonchev–Trinajstić information content (AvgIpc) is 3.67. The third-order valence-corrected chi connectivity index (χ3v) is 8.22. The Morgan fingerprint density at radius 1 is 1.09 bits per heavy atom. The summed E-state index contributed by atoms with van der Waals surface area (Å²) in [6.45, 7) is 2.62. The Kier molecular flexibility index (Phi) is 6.80. The van der Waals surface area contributed by atoms with Crippen LogP contribution in [-0.4, -0.2) is 48.0 Å². The minimum Gasteiger partial charge on any atom is -0.494 e. The second-order valence-electron chi connectivity index (χ2n) is 11.1. The Balaban J connectivity index is 1.34. The van der Waals surface area contributed by atoms with Gasteiger partial charge in [-0.25, -0.2) is 19.6 Å². The predicted octanol–water partition coefficient (Wildman–Crippen LogP) is 6.01. The van der Waals surface area contributed by atoms with Crippen molar-refractivity contribution in [2.75, 3.05) is 19.0 Å². The van der Waals surface area contributed by atoms with Crippen LogP contribution >= 0.6 is 0 Å². The summed E-state index contributed by atoms with van der Waals surface area (Å²) in [7, 11) is 3.44. The highest BCUT2D eigenvalue weighted by Crippen LogP contribution is 2.41. The second kappa shape index (κ2) is 10.7. The van der Waals surface area contributed by atoms with E-state index in [2.05, 4.69) is 20.4 Å². The van der Waals surface area contributed by atoms with Gasteiger partial charge in [-0.05, 0) is 62.4 Å². The van der Waals surface area contributed by atoms with Gasteiger partial charge in [-0.3, -0.25) is 9.55 Å². The molecular weight excluding hydrogens is 554 g/mol. The van der Waals surface area contributed by atoms with Crippen molar-refractivity contribution >= 4 is 22.5 Å². The van der Waals surface area contributed by atoms with Gasteiger partial charge in [0, 0.05) is 32.2 Å². The summed E-state index contributed by atoms with van der Waals surface area (Å²) in [5.74, 6) is -0.868. The van der Waals surface area contributed by atoms with Crippen molar-refractivity contribution in [3.05, 3.63) is 71.2 Å². The molecule has 4 aromatic heterocycles. The number of hydrogen-bond donors (Lipinski definition) is 1. The average molecular weight is 587 g/mol. The fraction of sp³-hybridized carbons (Fsp3) is 0.387. The van der Waals surface area contributed by atoms with Crippen LogP contribution in [0.4, 0.5) is 20.2 Å². The third kappa shape index (κ3) is 4.89. The van der Waals surface area contributed by atoms with Crippen LogP contribution in [0, 0.1) is 6.92 Å². The quantitative estimate of drug-likeness (QED) is 0.247. The van der Waals surface area contributed by atoms with Crippen LogP contribution in [0.3, 0.4) is 0 Å². The van der Waals surface area contributed by atoms with Gasteiger partial charge in [-0.1, -0.05) is 12.1 Å². The molecule has 5 aromatic rings. The van der Waals surface area contributed by atoms with Crippen molar-refractivity contribution in [1.82, 2.24) is 34.3 Å². The fourth-order valence-electron chi connectivity index (χ4n) is 6.14. The number of methoxy groups -OCH3 is 1. The molecular formula is C31H32F2N8O2. The first-order valence-corrected chi connectivity index (χ1v) is 14.5. The van der Waals surface area contributed by atoms with Gasteiger partial charge in [0.15, 0.2) is 17.2 Å². The van der Waals surface area contributed by atoms with E-state index in [1.54, 1.807) is 17.9 Å². The van der Waals surface area contributed by atoms with E-state index in [0.717, 1.165) is 30.7 Å². The number of benzene rings is 1. The molecule has 1 N–H and O–H groups in total. The van der Waals surface area contributed by atoms with Crippen molar-refractivity contribution in [2.45, 2.75) is 57.6 Å². The molecule has 1 aliphatic heterocycles. The molecule has 0 bridgehead atoms. The van der Waals surface area contributed by atoms with Crippen LogP contribution in [-0.2, 0) is 30.5 Å². The molecule has 1 atom stereocenters. The molecule has 1 aromatic carbocycles. The summed E-state index contributed by atoms with van der Waals surface area (Å²) >= 11 is 0. The van der Waals surface area contributed by atoms with Gasteiger partial charge in [0.2, 0.25) is 0 Å². The Hall–Kier alpha value is -4.45. The molecule has 1 fully saturated rings. The molecule has 0 spiro atoms. The Labute approximate surface area is 247 Å². The number of ether oxygens (including phenoxy) is 2. The Bertz CT molecular complexity index is 1830. The minimum absolute atomic E-state index is 0.119. The van der Waals surface area contributed by atoms with Gasteiger partial charge < -0.3 is 14.8 Å². The Morgan fingerprint density at radius 3 is 2.74 bits per heavy atom. The molecule has 2 aliphatic rings. The van der Waals surface area contributed by atoms with E-state index in [1.165, 1.54) is 6.33 Å². The number of pyridine rings is 2. The third-order valence-electron chi connectivity index (χ3n) is 8.22. The van der Waals surface area contributed by atoms with Gasteiger partial charge >= 0.3 is 0 Å². The SMILES string of the molecule is COc1c(Nc2cc(Cc3ccc4c(n3)C(F)(F)CC4)nc3c2nc(C)n3C2CCCCO2)cccc1-c1ncnn1C. The second-order valence-corrected chi connectivity index (χ2v) is 11.1. The summed E-state index contributed by atoms with van der Waals surface area (Å²) in [6.07, 6.45) is 4.65. The van der Waals surface area contributed by atoms with Crippen LogP contribution in [0.5, 0.6) is 5.75 Å². The molecule has 7 rings (SSSR count). The summed E-state index contributed by atoms with van der Waals surface area (Å²) in [5, 5.41) is 7.74. The number of halogens is 2. The molecule has 1 aliphatic carbocycles. The molecule has 10 nitrogen and oxygen atoms in total. The number of fused-ring (bicyclic) bond motifs is 2. The summed E-state index contributed by atoms with van der Waals surface area (Å²) in [5.41, 5.74) is 5.23. The van der Waals surface area contributed by atoms with Gasteiger partial charge in [0.05, 0.1) is 29.7 Å². The largest absolute Gasteiger partial charge is 0.494 e. The zero-order valence-corrected chi connectivity index (χ0v) is 24.3. The summed E-state index contributed by atoms with van der Waals surface area (Å²) in [6, 6.07) is 11.3. The van der Waals surface area contributed by atoms with E-state index in [0.29, 0.717) is 64.1 Å². The molecule has 0 amide bonds. The van der Waals surface area contributed by atoms with E-state index in [9.17, 15) is 8.78 Å². The number of hydrogen-bond acceptors (Lipinski definition) is 8. The molecule has 5 heterocycles. The zero-order chi connectivity index (χ0) is 29.7. The van der Waals surface area contributed by atoms with Crippen molar-refractivity contribution in [2.24, 2.45) is 7.05 Å². The van der Waals surface area contributed by atoms with Crippen LogP contribution in [0.15, 0.2) is 42.7 Å². The number of nitrogens with one attached hydrogen (secondary N) is 1. The van der Waals surface area contributed by atoms with Crippen molar-refractivity contribution < 1.29 is 18.3 Å². The molecule has 0 radical (unpaired) electrons. The van der Waals surface area contributed by atoms with Gasteiger partial charge in [-0.15, -0.1) is 0 Å². The first-order valence-electron chi connectivity index (χ1n) is 14.5. The molecule has 12 heteroatoms. The predicted molar refractivity (Wildman–Crippen MR) is 157 cm³/mol. The van der Waals surface area contributed by atoms with Gasteiger partial charge in [-0.2, -0.15) is 13.9 Å². The highest BCUT2D eigenvalue weighted by atomic mass is 19.3. The maximum Gasteiger partial charge on any atom is 0.290 e. The fourth-order valence-corrected chi connectivity index (χ4v) is 6.14. The van der Waals surface area contributed by atoms with E-state index >= 15 is 0 Å². The number of anilines is 2. The maximum atomic E-state index is 14.5. The van der Waals surface area contributed by atoms with Crippen LogP contribution in [0.2, 0.25) is 0 Å². The number of aromatic nitrogens is 7. The zero-order valence-electron chi connectivity index (χ0n) is 24.3. The first-order chi connectivity index (χ1) is 20.8. The maximum absolute atomic E-state index is 14.5. The van der Waals surface area contributed by atoms with Crippen LogP contribution in [0.25, 0.3) is 22.6 Å². The smallest absolute Gasteiger partial charge is 0.290 e. The minimum atomic E-state index is -2.91. The molecule has 0 saturated carbocycles. The van der Waals surface area contributed by atoms with Gasteiger partial charge in [0.1, 0.15) is 29.6 Å². The molecule has 222 valence electrons. The van der Waals surface area contributed by atoms with Crippen LogP contribution < -0.4 is 10.1 Å². The number of rotatable bonds is 7. The van der Waals surface area contributed by atoms with Gasteiger partial charge in [0.25, 0.3) is 5.92 Å². The van der Waals surface area contributed by atoms with Crippen molar-refractivity contribution in [3.8, 4) is 17.1 Å². The summed E-state index contributed by atoms with van der Waals surface area (Å²) in [4.78, 5) is 18.7. The number of alkyl halides is 2. The van der Waals surface area contributed by atoms with E-state index in [-0.39, 0.29) is 24.8 Å². The topological polar surface area (TPSA) is 105 Å². The first kappa shape index (κ1) is 27.4. The number of para-hydroxylation sites is 1. The standard InChI is InChI=1S/C31H32F2N8O2/c1-18-36-26-24(39-23-8-6-7-22(27(23)42-3)29-34-17-35-40(29)2)16-21(38-30(26)41(18)25-9-4-5-14-43-25)15-20-11-10-19-12-13-31(32,33)28(19)37-20/h6-8,10-11,16-17,25H,4-5,9,12-15H2,1-3H3,(H,38,39). The van der Waals surface area contributed by atoms with E-state index < -0.39 is 5.92 Å². The number of imidazole rings is 1. The lowest BCUT2D eigenvalue weighted by molar-refractivity contribution is -0.0309. The normalized spacial score (nSPS) is 17.7. The number of nitrogens with zero attached hydrogens (tertiary/aromatic N) is 7. The van der Waals surface area contributed by atoms with E-state index in [4.69, 9.17) is 19.4 Å². The monoisotopic (exact) mass is 586 g/mol. The van der Waals surface area contributed by atoms with Crippen molar-refractivity contribution in [3.63, 3.8) is 0 Å². The lowest BCUT2D eigenvalue weighted by Gasteiger charge is -2.25. The van der Waals surface area contributed by atoms with E-state index in [1.807, 2.05) is 48.9 Å². The lowest BCUT2D eigenvalue weighted by atomic mass is 10.1.